The molecule has 0 aliphatic heterocycles. The predicted octanol–water partition coefficient (Wildman–Crippen LogP) is 2.52. The summed E-state index contributed by atoms with van der Waals surface area (Å²) in [6.45, 7) is 0. The number of fused-ring (bicyclic) bond motifs is 1. The molecule has 1 aromatic heterocycles. The van der Waals surface area contributed by atoms with Crippen molar-refractivity contribution in [2.24, 2.45) is 5.73 Å². The molecule has 2 unspecified atom stereocenters. The van der Waals surface area contributed by atoms with Crippen LogP contribution in [-0.2, 0) is 6.42 Å². The van der Waals surface area contributed by atoms with E-state index in [-0.39, 0.29) is 6.04 Å². The summed E-state index contributed by atoms with van der Waals surface area (Å²) >= 11 is 1.75. The van der Waals surface area contributed by atoms with Gasteiger partial charge in [-0.1, -0.05) is 36.0 Å². The van der Waals surface area contributed by atoms with Gasteiger partial charge in [-0.3, -0.25) is 0 Å². The smallest absolute Gasteiger partial charge is 0.165 e. The number of nitrogens with zero attached hydrogens (tertiary/aromatic N) is 1. The van der Waals surface area contributed by atoms with Gasteiger partial charge in [-0.2, -0.15) is 0 Å². The summed E-state index contributed by atoms with van der Waals surface area (Å²) in [7, 11) is 0. The molecule has 4 heteroatoms. The van der Waals surface area contributed by atoms with Gasteiger partial charge in [0.1, 0.15) is 0 Å². The van der Waals surface area contributed by atoms with Crippen molar-refractivity contribution >= 4 is 11.8 Å². The minimum absolute atomic E-state index is 0.107. The molecule has 1 heterocycles. The largest absolute Gasteiger partial charge is 0.340 e. The Labute approximate surface area is 105 Å². The summed E-state index contributed by atoms with van der Waals surface area (Å²) in [5.41, 5.74) is 9.04. The molecule has 0 saturated heterocycles. The van der Waals surface area contributed by atoms with Crippen LogP contribution in [0.1, 0.15) is 23.6 Å². The third-order valence-corrected chi connectivity index (χ3v) is 4.53. The summed E-state index contributed by atoms with van der Waals surface area (Å²) in [6.07, 6.45) is 5.86. The van der Waals surface area contributed by atoms with Gasteiger partial charge in [0, 0.05) is 23.7 Å². The van der Waals surface area contributed by atoms with Crippen LogP contribution in [0.25, 0.3) is 0 Å². The minimum atomic E-state index is 0.107. The topological polar surface area (TPSA) is 54.7 Å². The maximum Gasteiger partial charge on any atom is 0.165 e. The monoisotopic (exact) mass is 245 g/mol. The molecule has 2 atom stereocenters. The molecule has 0 bridgehead atoms. The van der Waals surface area contributed by atoms with E-state index in [0.29, 0.717) is 5.25 Å². The van der Waals surface area contributed by atoms with E-state index in [4.69, 9.17) is 5.73 Å². The van der Waals surface area contributed by atoms with E-state index in [0.717, 1.165) is 18.0 Å². The maximum atomic E-state index is 6.34. The Morgan fingerprint density at radius 1 is 1.35 bits per heavy atom. The first-order valence-corrected chi connectivity index (χ1v) is 6.72. The Hall–Kier alpha value is -1.26. The zero-order valence-electron chi connectivity index (χ0n) is 9.47. The molecule has 17 heavy (non-hydrogen) atoms. The molecule has 0 saturated carbocycles. The summed E-state index contributed by atoms with van der Waals surface area (Å²) in [6, 6.07) is 8.59. The molecular weight excluding hydrogens is 230 g/mol. The lowest BCUT2D eigenvalue weighted by Crippen LogP contribution is -2.29. The number of rotatable bonds is 2. The number of aromatic amines is 1. The summed E-state index contributed by atoms with van der Waals surface area (Å²) in [4.78, 5) is 7.38. The third-order valence-electron chi connectivity index (χ3n) is 3.25. The average molecular weight is 245 g/mol. The lowest BCUT2D eigenvalue weighted by Gasteiger charge is -2.29. The highest BCUT2D eigenvalue weighted by Crippen LogP contribution is 2.37. The van der Waals surface area contributed by atoms with E-state index in [1.165, 1.54) is 11.1 Å². The van der Waals surface area contributed by atoms with Gasteiger partial charge in [0.25, 0.3) is 0 Å². The van der Waals surface area contributed by atoms with Crippen LogP contribution in [0.3, 0.4) is 0 Å². The van der Waals surface area contributed by atoms with Crippen molar-refractivity contribution in [1.29, 1.82) is 0 Å². The van der Waals surface area contributed by atoms with E-state index < -0.39 is 0 Å². The zero-order chi connectivity index (χ0) is 11.7. The number of aromatic nitrogens is 2. The molecular formula is C13H15N3S. The molecule has 1 aromatic carbocycles. The van der Waals surface area contributed by atoms with Crippen LogP contribution in [0, 0.1) is 0 Å². The van der Waals surface area contributed by atoms with E-state index in [9.17, 15) is 0 Å². The van der Waals surface area contributed by atoms with E-state index in [1.54, 1.807) is 18.0 Å². The van der Waals surface area contributed by atoms with Crippen LogP contribution in [0.4, 0.5) is 0 Å². The van der Waals surface area contributed by atoms with Gasteiger partial charge in [0.05, 0.1) is 0 Å². The van der Waals surface area contributed by atoms with Gasteiger partial charge < -0.3 is 10.7 Å². The van der Waals surface area contributed by atoms with Crippen LogP contribution in [0.2, 0.25) is 0 Å². The summed E-state index contributed by atoms with van der Waals surface area (Å²) in [5, 5.41) is 1.38. The first kappa shape index (κ1) is 10.9. The minimum Gasteiger partial charge on any atom is -0.340 e. The summed E-state index contributed by atoms with van der Waals surface area (Å²) < 4.78 is 0. The number of nitrogens with one attached hydrogen (secondary N) is 1. The Kier molecular flexibility index (Phi) is 2.91. The standard InChI is InChI=1S/C13H15N3S/c14-12-10-4-2-1-3-9(10)5-6-11(12)17-13-15-7-8-16-13/h1-4,7-8,11-12H,5-6,14H2,(H,15,16). The Bertz CT molecular complexity index is 495. The Morgan fingerprint density at radius 3 is 3.06 bits per heavy atom. The number of H-pyrrole nitrogens is 1. The van der Waals surface area contributed by atoms with Crippen molar-refractivity contribution < 1.29 is 0 Å². The Morgan fingerprint density at radius 2 is 2.24 bits per heavy atom. The van der Waals surface area contributed by atoms with Crippen LogP contribution in [0.15, 0.2) is 41.8 Å². The quantitative estimate of drug-likeness (QED) is 0.854. The van der Waals surface area contributed by atoms with Gasteiger partial charge in [-0.05, 0) is 24.0 Å². The highest BCUT2D eigenvalue weighted by molar-refractivity contribution is 7.99. The number of thioether (sulfide) groups is 1. The molecule has 1 aliphatic rings. The lowest BCUT2D eigenvalue weighted by atomic mass is 9.88. The van der Waals surface area contributed by atoms with Crippen molar-refractivity contribution in [3.63, 3.8) is 0 Å². The molecule has 0 amide bonds. The fourth-order valence-corrected chi connectivity index (χ4v) is 3.43. The maximum absolute atomic E-state index is 6.34. The van der Waals surface area contributed by atoms with Crippen LogP contribution in [0.5, 0.6) is 0 Å². The van der Waals surface area contributed by atoms with Crippen molar-refractivity contribution in [2.45, 2.75) is 29.3 Å². The molecule has 0 spiro atoms. The molecule has 3 rings (SSSR count). The zero-order valence-corrected chi connectivity index (χ0v) is 10.3. The second-order valence-electron chi connectivity index (χ2n) is 4.31. The van der Waals surface area contributed by atoms with Gasteiger partial charge in [-0.15, -0.1) is 0 Å². The molecule has 88 valence electrons. The molecule has 3 nitrogen and oxygen atoms in total. The highest BCUT2D eigenvalue weighted by Gasteiger charge is 2.27. The average Bonchev–Trinajstić information content (AvgIpc) is 2.86. The van der Waals surface area contributed by atoms with Crippen molar-refractivity contribution in [1.82, 2.24) is 9.97 Å². The Balaban J connectivity index is 1.82. The molecule has 1 aliphatic carbocycles. The van der Waals surface area contributed by atoms with Crippen LogP contribution < -0.4 is 5.73 Å². The number of benzene rings is 1. The van der Waals surface area contributed by atoms with Gasteiger partial charge >= 0.3 is 0 Å². The summed E-state index contributed by atoms with van der Waals surface area (Å²) in [5.74, 6) is 0. The number of aryl methyl sites for hydroxylation is 1. The number of hydrogen-bond donors (Lipinski definition) is 2. The van der Waals surface area contributed by atoms with Gasteiger partial charge in [-0.25, -0.2) is 4.98 Å². The number of imidazole rings is 1. The molecule has 3 N–H and O–H groups in total. The molecule has 0 fully saturated rings. The van der Waals surface area contributed by atoms with Crippen LogP contribution in [-0.4, -0.2) is 15.2 Å². The van der Waals surface area contributed by atoms with Crippen LogP contribution >= 0.6 is 11.8 Å². The number of hydrogen-bond acceptors (Lipinski definition) is 3. The van der Waals surface area contributed by atoms with Gasteiger partial charge in [0.2, 0.25) is 0 Å². The molecule has 0 radical (unpaired) electrons. The highest BCUT2D eigenvalue weighted by atomic mass is 32.2. The van der Waals surface area contributed by atoms with E-state index in [2.05, 4.69) is 34.2 Å². The first-order chi connectivity index (χ1) is 8.34. The normalized spacial score (nSPS) is 23.4. The second-order valence-corrected chi connectivity index (χ2v) is 5.54. The number of nitrogens with two attached hydrogens (primary N) is 1. The fourth-order valence-electron chi connectivity index (χ4n) is 2.36. The van der Waals surface area contributed by atoms with E-state index in [1.807, 2.05) is 6.20 Å². The van der Waals surface area contributed by atoms with Crippen molar-refractivity contribution in [2.75, 3.05) is 0 Å². The fraction of sp³-hybridized carbons (Fsp3) is 0.308. The van der Waals surface area contributed by atoms with Crippen molar-refractivity contribution in [3.05, 3.63) is 47.8 Å². The second kappa shape index (κ2) is 4.55. The predicted molar refractivity (Wildman–Crippen MR) is 69.9 cm³/mol. The first-order valence-electron chi connectivity index (χ1n) is 5.84. The van der Waals surface area contributed by atoms with Gasteiger partial charge in [0.15, 0.2) is 5.16 Å². The van der Waals surface area contributed by atoms with Crippen molar-refractivity contribution in [3.8, 4) is 0 Å². The molecule has 2 aromatic rings. The third kappa shape index (κ3) is 2.10. The van der Waals surface area contributed by atoms with E-state index >= 15 is 0 Å². The lowest BCUT2D eigenvalue weighted by molar-refractivity contribution is 0.585. The SMILES string of the molecule is NC1c2ccccc2CCC1Sc1ncc[nH]1.